The quantitative estimate of drug-likeness (QED) is 0.743. The molecule has 0 heterocycles. The van der Waals surface area contributed by atoms with Crippen molar-refractivity contribution in [3.8, 4) is 0 Å². The van der Waals surface area contributed by atoms with Gasteiger partial charge < -0.3 is 10.1 Å². The fourth-order valence-corrected chi connectivity index (χ4v) is 6.24. The van der Waals surface area contributed by atoms with E-state index in [1.54, 1.807) is 24.3 Å². The van der Waals surface area contributed by atoms with Gasteiger partial charge in [0.05, 0.1) is 6.42 Å². The standard InChI is InChI=1S/C22H28ClNO3/c1-14(22-10-16-6-17(11-22)8-18(7-16)12-22)24-20(25)13-27-21(26)9-15-2-4-19(23)5-3-15/h2-5,14,16-18H,6-13H2,1H3,(H,24,25)/t14-,16?,17?,18?,22?/m1/s1. The van der Waals surface area contributed by atoms with Crippen molar-refractivity contribution in [2.45, 2.75) is 57.9 Å². The van der Waals surface area contributed by atoms with Crippen molar-refractivity contribution in [1.82, 2.24) is 5.32 Å². The van der Waals surface area contributed by atoms with Crippen molar-refractivity contribution >= 4 is 23.5 Å². The van der Waals surface area contributed by atoms with E-state index in [2.05, 4.69) is 12.2 Å². The molecule has 0 spiro atoms. The molecule has 5 heteroatoms. The van der Waals surface area contributed by atoms with Crippen LogP contribution in [0.1, 0.15) is 51.0 Å². The average molecular weight is 390 g/mol. The molecule has 27 heavy (non-hydrogen) atoms. The zero-order chi connectivity index (χ0) is 19.0. The number of esters is 1. The number of amides is 1. The molecule has 1 aromatic carbocycles. The van der Waals surface area contributed by atoms with E-state index in [0.717, 1.165) is 23.3 Å². The molecule has 5 rings (SSSR count). The highest BCUT2D eigenvalue weighted by atomic mass is 35.5. The van der Waals surface area contributed by atoms with Gasteiger partial charge in [-0.3, -0.25) is 9.59 Å². The Hall–Kier alpha value is -1.55. The van der Waals surface area contributed by atoms with Crippen LogP contribution in [0.5, 0.6) is 0 Å². The minimum absolute atomic E-state index is 0.147. The van der Waals surface area contributed by atoms with Crippen molar-refractivity contribution in [1.29, 1.82) is 0 Å². The van der Waals surface area contributed by atoms with Crippen LogP contribution in [0.25, 0.3) is 0 Å². The van der Waals surface area contributed by atoms with E-state index < -0.39 is 5.97 Å². The molecule has 0 aliphatic heterocycles. The highest BCUT2D eigenvalue weighted by Crippen LogP contribution is 2.61. The predicted octanol–water partition coefficient (Wildman–Crippen LogP) is 4.15. The van der Waals surface area contributed by atoms with Crippen LogP contribution in [0.2, 0.25) is 5.02 Å². The molecule has 4 aliphatic carbocycles. The van der Waals surface area contributed by atoms with E-state index in [0.29, 0.717) is 5.02 Å². The Kier molecular flexibility index (Phi) is 5.19. The summed E-state index contributed by atoms with van der Waals surface area (Å²) in [6, 6.07) is 7.21. The Morgan fingerprint density at radius 2 is 1.67 bits per heavy atom. The summed E-state index contributed by atoms with van der Waals surface area (Å²) in [6.07, 6.45) is 8.06. The average Bonchev–Trinajstić information content (AvgIpc) is 2.61. The van der Waals surface area contributed by atoms with Crippen LogP contribution < -0.4 is 5.32 Å². The van der Waals surface area contributed by atoms with Gasteiger partial charge in [0.25, 0.3) is 5.91 Å². The van der Waals surface area contributed by atoms with Gasteiger partial charge in [-0.2, -0.15) is 0 Å². The van der Waals surface area contributed by atoms with Gasteiger partial charge in [-0.1, -0.05) is 23.7 Å². The van der Waals surface area contributed by atoms with Crippen LogP contribution in [-0.2, 0) is 20.7 Å². The Balaban J connectivity index is 1.25. The minimum atomic E-state index is -0.394. The van der Waals surface area contributed by atoms with E-state index in [9.17, 15) is 9.59 Å². The van der Waals surface area contributed by atoms with Crippen LogP contribution >= 0.6 is 11.6 Å². The third-order valence-electron chi connectivity index (χ3n) is 7.01. The zero-order valence-corrected chi connectivity index (χ0v) is 16.6. The summed E-state index contributed by atoms with van der Waals surface area (Å²) in [5, 5.41) is 3.76. The maximum atomic E-state index is 12.3. The van der Waals surface area contributed by atoms with Gasteiger partial charge in [0.2, 0.25) is 0 Å². The number of nitrogens with one attached hydrogen (secondary N) is 1. The molecule has 4 nitrogen and oxygen atoms in total. The predicted molar refractivity (Wildman–Crippen MR) is 104 cm³/mol. The molecular formula is C22H28ClNO3. The van der Waals surface area contributed by atoms with Crippen LogP contribution in [0.4, 0.5) is 0 Å². The first kappa shape index (κ1) is 18.8. The van der Waals surface area contributed by atoms with Crippen molar-refractivity contribution in [3.05, 3.63) is 34.9 Å². The molecule has 146 valence electrons. The molecule has 4 fully saturated rings. The maximum absolute atomic E-state index is 12.3. The molecule has 0 saturated heterocycles. The normalized spacial score (nSPS) is 32.1. The van der Waals surface area contributed by atoms with E-state index in [4.69, 9.17) is 16.3 Å². The first-order valence-corrected chi connectivity index (χ1v) is 10.5. The van der Waals surface area contributed by atoms with Crippen molar-refractivity contribution in [2.24, 2.45) is 23.2 Å². The fourth-order valence-electron chi connectivity index (χ4n) is 6.11. The third kappa shape index (κ3) is 4.16. The summed E-state index contributed by atoms with van der Waals surface area (Å²) >= 11 is 5.84. The monoisotopic (exact) mass is 389 g/mol. The Bertz CT molecular complexity index is 679. The number of hydrogen-bond acceptors (Lipinski definition) is 3. The Morgan fingerprint density at radius 3 is 2.22 bits per heavy atom. The van der Waals surface area contributed by atoms with E-state index in [1.807, 2.05) is 0 Å². The minimum Gasteiger partial charge on any atom is -0.455 e. The number of halogens is 1. The summed E-state index contributed by atoms with van der Waals surface area (Å²) in [7, 11) is 0. The molecule has 1 atom stereocenters. The number of carbonyl (C=O) groups excluding carboxylic acids is 2. The SMILES string of the molecule is C[C@@H](NC(=O)COC(=O)Cc1ccc(Cl)cc1)C12CC3CC(CC(C3)C1)C2. The summed E-state index contributed by atoms with van der Waals surface area (Å²) < 4.78 is 5.17. The van der Waals surface area contributed by atoms with E-state index >= 15 is 0 Å². The highest BCUT2D eigenvalue weighted by Gasteiger charge is 2.53. The molecule has 1 amide bonds. The van der Waals surface area contributed by atoms with Gasteiger partial charge in [-0.05, 0) is 86.3 Å². The second-order valence-corrected chi connectivity index (χ2v) is 9.47. The molecule has 1 N–H and O–H groups in total. The lowest BCUT2D eigenvalue weighted by molar-refractivity contribution is -0.148. The zero-order valence-electron chi connectivity index (χ0n) is 15.9. The molecule has 4 aliphatic rings. The Morgan fingerprint density at radius 1 is 1.11 bits per heavy atom. The second-order valence-electron chi connectivity index (χ2n) is 9.03. The number of carbonyl (C=O) groups is 2. The Labute approximate surface area is 166 Å². The van der Waals surface area contributed by atoms with E-state index in [1.165, 1.54) is 38.5 Å². The molecule has 4 saturated carbocycles. The molecule has 0 aromatic heterocycles. The van der Waals surface area contributed by atoms with Gasteiger partial charge in [0.15, 0.2) is 6.61 Å². The smallest absolute Gasteiger partial charge is 0.310 e. The van der Waals surface area contributed by atoms with Crippen molar-refractivity contribution in [2.75, 3.05) is 6.61 Å². The fraction of sp³-hybridized carbons (Fsp3) is 0.636. The van der Waals surface area contributed by atoms with Gasteiger partial charge in [0, 0.05) is 11.1 Å². The maximum Gasteiger partial charge on any atom is 0.310 e. The van der Waals surface area contributed by atoms with Gasteiger partial charge in [-0.15, -0.1) is 0 Å². The first-order valence-electron chi connectivity index (χ1n) is 10.1. The second kappa shape index (κ2) is 7.46. The summed E-state index contributed by atoms with van der Waals surface area (Å²) in [6.45, 7) is 1.93. The summed E-state index contributed by atoms with van der Waals surface area (Å²) in [4.78, 5) is 24.3. The largest absolute Gasteiger partial charge is 0.455 e. The molecule has 0 unspecified atom stereocenters. The van der Waals surface area contributed by atoms with Crippen molar-refractivity contribution < 1.29 is 14.3 Å². The molecular weight excluding hydrogens is 362 g/mol. The first-order chi connectivity index (χ1) is 12.9. The van der Waals surface area contributed by atoms with Gasteiger partial charge in [0.1, 0.15) is 0 Å². The lowest BCUT2D eigenvalue weighted by Gasteiger charge is -2.59. The van der Waals surface area contributed by atoms with Crippen LogP contribution in [0.3, 0.4) is 0 Å². The molecule has 4 bridgehead atoms. The number of ether oxygens (including phenoxy) is 1. The topological polar surface area (TPSA) is 55.4 Å². The third-order valence-corrected chi connectivity index (χ3v) is 7.26. The van der Waals surface area contributed by atoms with Crippen LogP contribution in [-0.4, -0.2) is 24.5 Å². The number of benzene rings is 1. The highest BCUT2D eigenvalue weighted by molar-refractivity contribution is 6.30. The molecule has 0 radical (unpaired) electrons. The molecule has 1 aromatic rings. The summed E-state index contributed by atoms with van der Waals surface area (Å²) in [5.41, 5.74) is 1.09. The van der Waals surface area contributed by atoms with Crippen LogP contribution in [0, 0.1) is 23.2 Å². The van der Waals surface area contributed by atoms with Crippen LogP contribution in [0.15, 0.2) is 24.3 Å². The van der Waals surface area contributed by atoms with Gasteiger partial charge >= 0.3 is 5.97 Å². The number of hydrogen-bond donors (Lipinski definition) is 1. The van der Waals surface area contributed by atoms with E-state index in [-0.39, 0.29) is 30.4 Å². The number of rotatable bonds is 6. The summed E-state index contributed by atoms with van der Waals surface area (Å²) in [5.74, 6) is 1.98. The lowest BCUT2D eigenvalue weighted by Crippen LogP contribution is -2.56. The van der Waals surface area contributed by atoms with Crippen molar-refractivity contribution in [3.63, 3.8) is 0 Å². The van der Waals surface area contributed by atoms with Gasteiger partial charge in [-0.25, -0.2) is 0 Å². The lowest BCUT2D eigenvalue weighted by atomic mass is 9.48.